The van der Waals surface area contributed by atoms with Gasteiger partial charge in [0.05, 0.1) is 22.2 Å². The summed E-state index contributed by atoms with van der Waals surface area (Å²) >= 11 is 6.11. The van der Waals surface area contributed by atoms with E-state index in [1.165, 1.54) is 30.2 Å². The molecule has 1 N–H and O–H groups in total. The van der Waals surface area contributed by atoms with Gasteiger partial charge in [0.15, 0.2) is 9.84 Å². The lowest BCUT2D eigenvalue weighted by molar-refractivity contribution is -0.117. The van der Waals surface area contributed by atoms with Gasteiger partial charge < -0.3 is 5.32 Å². The largest absolute Gasteiger partial charge is 0.324 e. The Morgan fingerprint density at radius 3 is 2.48 bits per heavy atom. The average molecular weight is 435 g/mol. The van der Waals surface area contributed by atoms with E-state index in [9.17, 15) is 13.2 Å². The van der Waals surface area contributed by atoms with Crippen molar-refractivity contribution in [2.24, 2.45) is 5.92 Å². The number of carbonyl (C=O) groups excluding carboxylic acids is 1. The number of carbonyl (C=O) groups is 1. The van der Waals surface area contributed by atoms with Crippen molar-refractivity contribution in [1.29, 1.82) is 0 Å². The van der Waals surface area contributed by atoms with E-state index in [1.54, 1.807) is 0 Å². The Morgan fingerprint density at radius 2 is 1.83 bits per heavy atom. The molecule has 1 fully saturated rings. The number of rotatable bonds is 7. The van der Waals surface area contributed by atoms with E-state index in [0.29, 0.717) is 16.6 Å². The Balaban J connectivity index is 1.46. The fourth-order valence-corrected chi connectivity index (χ4v) is 4.48. The van der Waals surface area contributed by atoms with E-state index >= 15 is 0 Å². The van der Waals surface area contributed by atoms with Gasteiger partial charge in [-0.15, -0.1) is 0 Å². The number of amides is 1. The first kappa shape index (κ1) is 21.8. The van der Waals surface area contributed by atoms with Gasteiger partial charge in [-0.3, -0.25) is 9.69 Å². The smallest absolute Gasteiger partial charge is 0.238 e. The molecule has 0 unspecified atom stereocenters. The zero-order valence-electron chi connectivity index (χ0n) is 16.6. The summed E-state index contributed by atoms with van der Waals surface area (Å²) < 4.78 is 23.4. The van der Waals surface area contributed by atoms with Gasteiger partial charge in [-0.05, 0) is 68.5 Å². The van der Waals surface area contributed by atoms with Gasteiger partial charge >= 0.3 is 0 Å². The first-order valence-corrected chi connectivity index (χ1v) is 12.1. The second-order valence-corrected chi connectivity index (χ2v) is 10.1. The highest BCUT2D eigenvalue weighted by molar-refractivity contribution is 7.90. The van der Waals surface area contributed by atoms with Crippen LogP contribution >= 0.6 is 11.6 Å². The minimum absolute atomic E-state index is 0.136. The van der Waals surface area contributed by atoms with E-state index in [0.717, 1.165) is 38.6 Å². The molecular weight excluding hydrogens is 408 g/mol. The van der Waals surface area contributed by atoms with Gasteiger partial charge in [-0.1, -0.05) is 41.9 Å². The number of hydrogen-bond donors (Lipinski definition) is 1. The summed E-state index contributed by atoms with van der Waals surface area (Å²) in [6.07, 6.45) is 5.58. The van der Waals surface area contributed by atoms with Crippen LogP contribution in [0.15, 0.2) is 53.4 Å². The van der Waals surface area contributed by atoms with E-state index in [4.69, 9.17) is 11.6 Å². The molecule has 1 aliphatic rings. The van der Waals surface area contributed by atoms with Crippen LogP contribution in [0.5, 0.6) is 0 Å². The predicted octanol–water partition coefficient (Wildman–Crippen LogP) is 4.03. The van der Waals surface area contributed by atoms with Crippen LogP contribution in [0.25, 0.3) is 0 Å². The normalized spacial score (nSPS) is 15.9. The Kier molecular flexibility index (Phi) is 7.33. The van der Waals surface area contributed by atoms with Gasteiger partial charge in [0.2, 0.25) is 5.91 Å². The number of anilines is 1. The molecular formula is C22H27ClN2O3S. The molecule has 2 aromatic carbocycles. The van der Waals surface area contributed by atoms with E-state index in [-0.39, 0.29) is 17.3 Å². The van der Waals surface area contributed by atoms with Crippen LogP contribution in [0.4, 0.5) is 5.69 Å². The maximum absolute atomic E-state index is 12.4. The molecule has 0 atom stereocenters. The predicted molar refractivity (Wildman–Crippen MR) is 117 cm³/mol. The molecule has 1 amide bonds. The van der Waals surface area contributed by atoms with Gasteiger partial charge in [0, 0.05) is 6.26 Å². The lowest BCUT2D eigenvalue weighted by Crippen LogP contribution is -2.39. The van der Waals surface area contributed by atoms with Crippen molar-refractivity contribution < 1.29 is 13.2 Å². The molecule has 1 heterocycles. The first-order chi connectivity index (χ1) is 13.8. The highest BCUT2D eigenvalue weighted by Gasteiger charge is 2.21. The van der Waals surface area contributed by atoms with Crippen molar-refractivity contribution in [3.8, 4) is 0 Å². The molecule has 156 valence electrons. The second kappa shape index (κ2) is 9.74. The van der Waals surface area contributed by atoms with Crippen molar-refractivity contribution in [3.05, 3.63) is 59.1 Å². The van der Waals surface area contributed by atoms with Crippen LogP contribution in [0, 0.1) is 5.92 Å². The molecule has 29 heavy (non-hydrogen) atoms. The van der Waals surface area contributed by atoms with Crippen molar-refractivity contribution in [1.82, 2.24) is 4.90 Å². The first-order valence-electron chi connectivity index (χ1n) is 9.87. The van der Waals surface area contributed by atoms with E-state index in [2.05, 4.69) is 34.5 Å². The number of sulfone groups is 1. The maximum Gasteiger partial charge on any atom is 0.238 e. The summed E-state index contributed by atoms with van der Waals surface area (Å²) in [5.41, 5.74) is 1.71. The number of nitrogens with one attached hydrogen (secondary N) is 1. The quantitative estimate of drug-likeness (QED) is 0.714. The topological polar surface area (TPSA) is 66.5 Å². The third-order valence-corrected chi connectivity index (χ3v) is 6.84. The monoisotopic (exact) mass is 434 g/mol. The van der Waals surface area contributed by atoms with Crippen LogP contribution in [-0.2, 0) is 21.1 Å². The Bertz CT molecular complexity index is 940. The zero-order valence-corrected chi connectivity index (χ0v) is 18.2. The third-order valence-electron chi connectivity index (χ3n) is 5.40. The number of benzene rings is 2. The van der Waals surface area contributed by atoms with Crippen LogP contribution < -0.4 is 5.32 Å². The Morgan fingerprint density at radius 1 is 1.14 bits per heavy atom. The SMILES string of the molecule is CS(=O)(=O)c1ccc(Cl)c(NC(=O)CN2CCC(CCc3ccccc3)CC2)c1. The zero-order chi connectivity index (χ0) is 20.9. The number of likely N-dealkylation sites (tertiary alicyclic amines) is 1. The van der Waals surface area contributed by atoms with Crippen LogP contribution in [-0.4, -0.2) is 45.1 Å². The second-order valence-electron chi connectivity index (χ2n) is 7.71. The number of piperidine rings is 1. The molecule has 7 heteroatoms. The van der Waals surface area contributed by atoms with Crippen LogP contribution in [0.1, 0.15) is 24.8 Å². The molecule has 0 aromatic heterocycles. The van der Waals surface area contributed by atoms with Crippen LogP contribution in [0.3, 0.4) is 0 Å². The average Bonchev–Trinajstić information content (AvgIpc) is 2.69. The lowest BCUT2D eigenvalue weighted by atomic mass is 9.90. The summed E-state index contributed by atoms with van der Waals surface area (Å²) in [5, 5.41) is 3.08. The van der Waals surface area contributed by atoms with E-state index < -0.39 is 9.84 Å². The molecule has 0 aliphatic carbocycles. The molecule has 1 saturated heterocycles. The van der Waals surface area contributed by atoms with Crippen molar-refractivity contribution in [2.45, 2.75) is 30.6 Å². The van der Waals surface area contributed by atoms with Gasteiger partial charge in [-0.25, -0.2) is 8.42 Å². The molecule has 0 saturated carbocycles. The lowest BCUT2D eigenvalue weighted by Gasteiger charge is -2.31. The Labute approximate surface area is 178 Å². The fourth-order valence-electron chi connectivity index (χ4n) is 3.67. The minimum atomic E-state index is -3.36. The fraction of sp³-hybridized carbons (Fsp3) is 0.409. The summed E-state index contributed by atoms with van der Waals surface area (Å²) in [6.45, 7) is 2.07. The number of halogens is 1. The number of nitrogens with zero attached hydrogens (tertiary/aromatic N) is 1. The standard InChI is InChI=1S/C22H27ClN2O3S/c1-29(27,28)19-9-10-20(23)21(15-19)24-22(26)16-25-13-11-18(12-14-25)8-7-17-5-3-2-4-6-17/h2-6,9-10,15,18H,7-8,11-14,16H2,1H3,(H,24,26). The molecule has 3 rings (SSSR count). The van der Waals surface area contributed by atoms with Crippen molar-refractivity contribution >= 4 is 33.0 Å². The summed E-state index contributed by atoms with van der Waals surface area (Å²) in [6, 6.07) is 14.9. The van der Waals surface area contributed by atoms with E-state index in [1.807, 2.05) is 6.07 Å². The van der Waals surface area contributed by atoms with Gasteiger partial charge in [0.1, 0.15) is 0 Å². The molecule has 1 aliphatic heterocycles. The molecule has 0 bridgehead atoms. The van der Waals surface area contributed by atoms with Crippen molar-refractivity contribution in [3.63, 3.8) is 0 Å². The minimum Gasteiger partial charge on any atom is -0.324 e. The Hall–Kier alpha value is -1.89. The van der Waals surface area contributed by atoms with Gasteiger partial charge in [-0.2, -0.15) is 0 Å². The summed E-state index contributed by atoms with van der Waals surface area (Å²) in [4.78, 5) is 14.7. The summed E-state index contributed by atoms with van der Waals surface area (Å²) in [5.74, 6) is 0.510. The molecule has 5 nitrogen and oxygen atoms in total. The number of aryl methyl sites for hydroxylation is 1. The third kappa shape index (κ3) is 6.56. The molecule has 0 spiro atoms. The highest BCUT2D eigenvalue weighted by Crippen LogP contribution is 2.26. The van der Waals surface area contributed by atoms with Gasteiger partial charge in [0.25, 0.3) is 0 Å². The van der Waals surface area contributed by atoms with Crippen molar-refractivity contribution in [2.75, 3.05) is 31.2 Å². The number of hydrogen-bond acceptors (Lipinski definition) is 4. The highest BCUT2D eigenvalue weighted by atomic mass is 35.5. The molecule has 2 aromatic rings. The maximum atomic E-state index is 12.4. The molecule has 0 radical (unpaired) electrons. The summed E-state index contributed by atoms with van der Waals surface area (Å²) in [7, 11) is -3.36. The van der Waals surface area contributed by atoms with Crippen LogP contribution in [0.2, 0.25) is 5.02 Å².